The fourth-order valence-electron chi connectivity index (χ4n) is 4.49. The van der Waals surface area contributed by atoms with Crippen LogP contribution in [0.5, 0.6) is 0 Å². The monoisotopic (exact) mass is 418 g/mol. The number of piperidine rings is 1. The van der Waals surface area contributed by atoms with E-state index in [-0.39, 0.29) is 23.8 Å². The molecular weight excluding hydrogens is 392 g/mol. The number of ether oxygens (including phenoxy) is 1. The molecule has 5 rings (SSSR count). The van der Waals surface area contributed by atoms with Crippen molar-refractivity contribution in [3.8, 4) is 0 Å². The molecule has 7 heteroatoms. The number of fused-ring (bicyclic) bond motifs is 1. The second-order valence-electron chi connectivity index (χ2n) is 8.30. The molecule has 2 saturated heterocycles. The summed E-state index contributed by atoms with van der Waals surface area (Å²) < 4.78 is 7.21. The van der Waals surface area contributed by atoms with Gasteiger partial charge in [0.15, 0.2) is 0 Å². The molecule has 3 aromatic rings. The number of likely N-dealkylation sites (tertiary alicyclic amines) is 1. The Labute approximate surface area is 181 Å². The largest absolute Gasteiger partial charge is 0.381 e. The van der Waals surface area contributed by atoms with Crippen LogP contribution < -0.4 is 5.32 Å². The summed E-state index contributed by atoms with van der Waals surface area (Å²) in [6.45, 7) is 2.45. The Hall–Kier alpha value is -3.19. The van der Waals surface area contributed by atoms with E-state index in [9.17, 15) is 9.59 Å². The third kappa shape index (κ3) is 4.05. The van der Waals surface area contributed by atoms with E-state index in [1.807, 2.05) is 52.0 Å². The maximum Gasteiger partial charge on any atom is 0.253 e. The first-order chi connectivity index (χ1) is 15.2. The van der Waals surface area contributed by atoms with Crippen molar-refractivity contribution < 1.29 is 14.3 Å². The highest BCUT2D eigenvalue weighted by Gasteiger charge is 2.28. The van der Waals surface area contributed by atoms with Gasteiger partial charge < -0.3 is 15.0 Å². The third-order valence-electron chi connectivity index (χ3n) is 6.32. The lowest BCUT2D eigenvalue weighted by Gasteiger charge is -2.33. The van der Waals surface area contributed by atoms with Crippen molar-refractivity contribution in [3.05, 3.63) is 60.3 Å². The Morgan fingerprint density at radius 3 is 2.58 bits per heavy atom. The number of amides is 2. The average Bonchev–Trinajstić information content (AvgIpc) is 3.51. The van der Waals surface area contributed by atoms with Crippen molar-refractivity contribution in [2.75, 3.05) is 31.6 Å². The molecule has 0 saturated carbocycles. The van der Waals surface area contributed by atoms with Crippen molar-refractivity contribution in [2.24, 2.45) is 5.92 Å². The van der Waals surface area contributed by atoms with Crippen LogP contribution in [0.15, 0.2) is 54.7 Å². The summed E-state index contributed by atoms with van der Waals surface area (Å²) in [5.74, 6) is 0.684. The van der Waals surface area contributed by atoms with Crippen LogP contribution in [0.1, 0.15) is 35.7 Å². The van der Waals surface area contributed by atoms with Crippen LogP contribution in [0.3, 0.4) is 0 Å². The van der Waals surface area contributed by atoms with Crippen molar-refractivity contribution >= 4 is 28.4 Å². The van der Waals surface area contributed by atoms with Crippen LogP contribution in [-0.2, 0) is 9.53 Å². The van der Waals surface area contributed by atoms with Gasteiger partial charge in [0.25, 0.3) is 5.91 Å². The van der Waals surface area contributed by atoms with Crippen LogP contribution in [0.2, 0.25) is 0 Å². The van der Waals surface area contributed by atoms with Crippen LogP contribution in [-0.4, -0.2) is 52.8 Å². The highest BCUT2D eigenvalue weighted by molar-refractivity contribution is 5.98. The van der Waals surface area contributed by atoms with Crippen molar-refractivity contribution in [3.63, 3.8) is 0 Å². The number of rotatable bonds is 4. The Morgan fingerprint density at radius 2 is 1.81 bits per heavy atom. The van der Waals surface area contributed by atoms with Crippen LogP contribution in [0.4, 0.5) is 5.82 Å². The number of aromatic nitrogens is 2. The molecule has 0 radical (unpaired) electrons. The predicted molar refractivity (Wildman–Crippen MR) is 118 cm³/mol. The summed E-state index contributed by atoms with van der Waals surface area (Å²) in [6.07, 6.45) is 4.08. The zero-order valence-electron chi connectivity index (χ0n) is 17.4. The third-order valence-corrected chi connectivity index (χ3v) is 6.32. The van der Waals surface area contributed by atoms with Gasteiger partial charge in [0.2, 0.25) is 5.91 Å². The SMILES string of the molecule is O=C(Nc1ccnn1C1CCN(C(=O)c2ccc3ccccc3c2)CC1)[C@H]1CCOC1. The minimum Gasteiger partial charge on any atom is -0.381 e. The molecule has 1 atom stereocenters. The van der Waals surface area contributed by atoms with E-state index in [0.29, 0.717) is 26.3 Å². The van der Waals surface area contributed by atoms with Crippen LogP contribution in [0.25, 0.3) is 10.8 Å². The van der Waals surface area contributed by atoms with Crippen molar-refractivity contribution in [1.29, 1.82) is 0 Å². The van der Waals surface area contributed by atoms with Gasteiger partial charge in [0.1, 0.15) is 5.82 Å². The summed E-state index contributed by atoms with van der Waals surface area (Å²) in [4.78, 5) is 27.4. The highest BCUT2D eigenvalue weighted by Crippen LogP contribution is 2.27. The molecule has 31 heavy (non-hydrogen) atoms. The van der Waals surface area contributed by atoms with E-state index >= 15 is 0 Å². The fourth-order valence-corrected chi connectivity index (χ4v) is 4.49. The number of nitrogens with one attached hydrogen (secondary N) is 1. The molecule has 1 N–H and O–H groups in total. The molecule has 3 heterocycles. The topological polar surface area (TPSA) is 76.5 Å². The van der Waals surface area contributed by atoms with Gasteiger partial charge in [-0.15, -0.1) is 0 Å². The maximum atomic E-state index is 13.0. The zero-order chi connectivity index (χ0) is 21.2. The van der Waals surface area contributed by atoms with Gasteiger partial charge in [-0.05, 0) is 42.2 Å². The second kappa shape index (κ2) is 8.51. The summed E-state index contributed by atoms with van der Waals surface area (Å²) in [6, 6.07) is 15.9. The minimum atomic E-state index is -0.0928. The summed E-state index contributed by atoms with van der Waals surface area (Å²) in [5, 5.41) is 9.67. The number of carbonyl (C=O) groups is 2. The Bertz CT molecular complexity index is 1090. The molecule has 2 fully saturated rings. The molecule has 0 unspecified atom stereocenters. The van der Waals surface area contributed by atoms with Gasteiger partial charge >= 0.3 is 0 Å². The maximum absolute atomic E-state index is 13.0. The summed E-state index contributed by atoms with van der Waals surface area (Å²) >= 11 is 0. The van der Waals surface area contributed by atoms with E-state index < -0.39 is 0 Å². The van der Waals surface area contributed by atoms with Crippen molar-refractivity contribution in [2.45, 2.75) is 25.3 Å². The Morgan fingerprint density at radius 1 is 1.00 bits per heavy atom. The standard InChI is InChI=1S/C24H26N4O3/c29-23(20-10-14-31-16-20)26-22-7-11-25-28(22)21-8-12-27(13-9-21)24(30)19-6-5-17-3-1-2-4-18(17)15-19/h1-7,11,15,20-21H,8-10,12-14,16H2,(H,26,29)/t20-/m0/s1. The highest BCUT2D eigenvalue weighted by atomic mass is 16.5. The van der Waals surface area contributed by atoms with E-state index in [2.05, 4.69) is 16.5 Å². The van der Waals surface area contributed by atoms with E-state index in [1.165, 1.54) is 0 Å². The Kier molecular flexibility index (Phi) is 5.42. The van der Waals surface area contributed by atoms with Gasteiger partial charge in [-0.25, -0.2) is 4.68 Å². The molecule has 2 aromatic carbocycles. The number of benzene rings is 2. The smallest absolute Gasteiger partial charge is 0.253 e. The Balaban J connectivity index is 1.23. The lowest BCUT2D eigenvalue weighted by Crippen LogP contribution is -2.39. The summed E-state index contributed by atoms with van der Waals surface area (Å²) in [5.41, 5.74) is 0.725. The lowest BCUT2D eigenvalue weighted by molar-refractivity contribution is -0.119. The quantitative estimate of drug-likeness (QED) is 0.704. The van der Waals surface area contributed by atoms with E-state index in [4.69, 9.17) is 4.74 Å². The van der Waals surface area contributed by atoms with Gasteiger partial charge in [0, 0.05) is 31.3 Å². The first kappa shape index (κ1) is 19.8. The van der Waals surface area contributed by atoms with Gasteiger partial charge in [-0.2, -0.15) is 5.10 Å². The first-order valence-electron chi connectivity index (χ1n) is 10.9. The van der Waals surface area contributed by atoms with Crippen LogP contribution in [0, 0.1) is 5.92 Å². The van der Waals surface area contributed by atoms with E-state index in [0.717, 1.165) is 41.4 Å². The van der Waals surface area contributed by atoms with E-state index in [1.54, 1.807) is 6.20 Å². The fraction of sp³-hybridized carbons (Fsp3) is 0.375. The number of anilines is 1. The van der Waals surface area contributed by atoms with Gasteiger partial charge in [-0.3, -0.25) is 9.59 Å². The second-order valence-corrected chi connectivity index (χ2v) is 8.30. The normalized spacial score (nSPS) is 19.6. The predicted octanol–water partition coefficient (Wildman–Crippen LogP) is 3.49. The van der Waals surface area contributed by atoms with Gasteiger partial charge in [0.05, 0.1) is 24.8 Å². The zero-order valence-corrected chi connectivity index (χ0v) is 17.4. The molecule has 160 valence electrons. The average molecular weight is 418 g/mol. The first-order valence-corrected chi connectivity index (χ1v) is 10.9. The molecule has 2 amide bonds. The molecule has 2 aliphatic rings. The number of carbonyl (C=O) groups excluding carboxylic acids is 2. The molecule has 1 aromatic heterocycles. The summed E-state index contributed by atoms with van der Waals surface area (Å²) in [7, 11) is 0. The molecule has 7 nitrogen and oxygen atoms in total. The molecule has 0 aliphatic carbocycles. The van der Waals surface area contributed by atoms with Crippen LogP contribution >= 0.6 is 0 Å². The minimum absolute atomic E-state index is 0.0110. The molecular formula is C24H26N4O3. The number of hydrogen-bond donors (Lipinski definition) is 1. The molecule has 0 spiro atoms. The van der Waals surface area contributed by atoms with Crippen molar-refractivity contribution in [1.82, 2.24) is 14.7 Å². The number of nitrogens with zero attached hydrogens (tertiary/aromatic N) is 3. The lowest BCUT2D eigenvalue weighted by atomic mass is 10.0. The molecule has 2 aliphatic heterocycles. The molecule has 0 bridgehead atoms. The number of hydrogen-bond acceptors (Lipinski definition) is 4. The van der Waals surface area contributed by atoms with Gasteiger partial charge in [-0.1, -0.05) is 30.3 Å².